The Morgan fingerprint density at radius 1 is 0.209 bits per heavy atom. The zero-order chi connectivity index (χ0) is 93.9. The number of nitrogens with one attached hydrogen (secondary N) is 6. The van der Waals surface area contributed by atoms with Gasteiger partial charge in [0.05, 0.1) is 0 Å². The highest BCUT2D eigenvalue weighted by Crippen LogP contribution is 2.26. The molecular formula is C114H220N6O6S3. The molecule has 6 amide bonds. The SMILES string of the molecule is CCCCCCCC/C=C/CCCCCCCC(=O)NC(CCS)C(=O)NCCCCCCCCCCCCCCCC.CCCCCCCC/C=C/CCCCCCCC(=O)NC(CCSSCCC(NC(=O)CCCCCCC/C=C/CCCCCCCC)C(=O)NCCCCCCCCCCCCCCCC)C(=O)NCCCCCCCCCCCCCCCC. The molecule has 0 heterocycles. The van der Waals surface area contributed by atoms with Crippen LogP contribution >= 0.6 is 34.2 Å². The number of carbonyl (C=O) groups excluding carboxylic acids is 6. The van der Waals surface area contributed by atoms with Gasteiger partial charge in [0.2, 0.25) is 35.4 Å². The summed E-state index contributed by atoms with van der Waals surface area (Å²) in [5.74, 6) is 1.72. The van der Waals surface area contributed by atoms with Gasteiger partial charge in [0.15, 0.2) is 0 Å². The van der Waals surface area contributed by atoms with E-state index in [1.807, 2.05) is 0 Å². The molecule has 0 aliphatic rings. The molecule has 129 heavy (non-hydrogen) atoms. The van der Waals surface area contributed by atoms with Gasteiger partial charge in [-0.15, -0.1) is 0 Å². The van der Waals surface area contributed by atoms with E-state index >= 15 is 0 Å². The highest BCUT2D eigenvalue weighted by atomic mass is 33.1. The van der Waals surface area contributed by atoms with Crippen LogP contribution in [0.1, 0.15) is 600 Å². The predicted octanol–water partition coefficient (Wildman–Crippen LogP) is 34.8. The van der Waals surface area contributed by atoms with Crippen LogP contribution in [0.25, 0.3) is 0 Å². The highest BCUT2D eigenvalue weighted by Gasteiger charge is 2.24. The van der Waals surface area contributed by atoms with Crippen molar-refractivity contribution in [3.63, 3.8) is 0 Å². The fourth-order valence-corrected chi connectivity index (χ4v) is 19.7. The van der Waals surface area contributed by atoms with E-state index in [-0.39, 0.29) is 35.4 Å². The van der Waals surface area contributed by atoms with E-state index < -0.39 is 18.1 Å². The average Bonchev–Trinajstić information content (AvgIpc) is 0.916. The lowest BCUT2D eigenvalue weighted by molar-refractivity contribution is -0.129. The maximum atomic E-state index is 13.7. The zero-order valence-corrected chi connectivity index (χ0v) is 89.2. The minimum atomic E-state index is -0.561. The molecule has 3 atom stereocenters. The molecule has 0 aliphatic carbocycles. The number of hydrogen-bond donors (Lipinski definition) is 7. The average molecular weight is 1870 g/mol. The van der Waals surface area contributed by atoms with Crippen molar-refractivity contribution in [2.24, 2.45) is 0 Å². The van der Waals surface area contributed by atoms with E-state index in [0.29, 0.717) is 75.4 Å². The zero-order valence-electron chi connectivity index (χ0n) is 86.7. The Kier molecular flexibility index (Phi) is 111. The van der Waals surface area contributed by atoms with Gasteiger partial charge in [0.1, 0.15) is 18.1 Å². The van der Waals surface area contributed by atoms with E-state index in [0.717, 1.165) is 103 Å². The summed E-state index contributed by atoms with van der Waals surface area (Å²) in [7, 11) is 3.38. The molecule has 0 aromatic carbocycles. The Hall–Kier alpha value is -2.91. The van der Waals surface area contributed by atoms with E-state index in [4.69, 9.17) is 0 Å². The van der Waals surface area contributed by atoms with Crippen molar-refractivity contribution in [3.8, 4) is 0 Å². The summed E-state index contributed by atoms with van der Waals surface area (Å²) >= 11 is 4.31. The smallest absolute Gasteiger partial charge is 0.242 e. The molecule has 0 spiro atoms. The summed E-state index contributed by atoms with van der Waals surface area (Å²) in [5, 5.41) is 18.6. The summed E-state index contributed by atoms with van der Waals surface area (Å²) in [6.45, 7) is 15.6. The number of thiol groups is 1. The van der Waals surface area contributed by atoms with Gasteiger partial charge in [-0.3, -0.25) is 28.8 Å². The first-order chi connectivity index (χ1) is 63.5. The minimum Gasteiger partial charge on any atom is -0.354 e. The highest BCUT2D eigenvalue weighted by molar-refractivity contribution is 8.76. The number of hydrogen-bond acceptors (Lipinski definition) is 9. The molecule has 0 radical (unpaired) electrons. The number of carbonyl (C=O) groups is 6. The van der Waals surface area contributed by atoms with Crippen LogP contribution in [0.5, 0.6) is 0 Å². The quantitative estimate of drug-likeness (QED) is 0.0136. The first kappa shape index (κ1) is 128. The van der Waals surface area contributed by atoms with Crippen molar-refractivity contribution in [1.82, 2.24) is 31.9 Å². The van der Waals surface area contributed by atoms with Gasteiger partial charge in [-0.1, -0.05) is 504 Å². The van der Waals surface area contributed by atoms with Crippen molar-refractivity contribution in [3.05, 3.63) is 36.5 Å². The standard InChI is InChI=1S/C76H146N4O4S2.C38H74N2O2S/c1-5-9-13-17-21-25-29-33-37-39-43-47-51-55-59-63-73(81)79-71(75(83)77-67-61-57-53-49-45-41-35-31-27-23-19-15-11-7-3)65-69-85-86-70-66-72(76(84)78-68-62-58-54-50-46-42-36-32-28-24-20-16-12-8-4)80-74(82)64-60-56-52-48-44-40-38-34-30-26-22-18-14-10-6-2;1-3-5-7-9-11-13-15-17-19-20-22-24-26-28-30-32-37(41)40-36(33-35-43)38(42)39-34-31-29-27-25-23-21-18-16-14-12-10-8-6-4-2/h33-34,37-38,71-72H,5-32,35-36,39-70H2,1-4H3,(H,77,83)(H,78,84)(H,79,81)(H,80,82);17,19,36,43H,3-16,18,20-35H2,1-2H3,(H,39,42)(H,40,41)/b37-33+,38-34+;19-17+. The minimum absolute atomic E-state index is 0.00365. The molecule has 6 N–H and O–H groups in total. The monoisotopic (exact) mass is 1870 g/mol. The fourth-order valence-electron chi connectivity index (χ4n) is 17.2. The van der Waals surface area contributed by atoms with Crippen LogP contribution in [0.3, 0.4) is 0 Å². The van der Waals surface area contributed by atoms with Gasteiger partial charge >= 0.3 is 0 Å². The molecule has 0 fully saturated rings. The third-order valence-electron chi connectivity index (χ3n) is 25.9. The van der Waals surface area contributed by atoms with Crippen molar-refractivity contribution in [2.75, 3.05) is 36.9 Å². The van der Waals surface area contributed by atoms with Crippen molar-refractivity contribution in [1.29, 1.82) is 0 Å². The van der Waals surface area contributed by atoms with Gasteiger partial charge in [-0.2, -0.15) is 12.6 Å². The van der Waals surface area contributed by atoms with Crippen LogP contribution in [-0.4, -0.2) is 90.5 Å². The summed E-state index contributed by atoms with van der Waals surface area (Å²) in [6.07, 6.45) is 120. The molecule has 0 saturated carbocycles. The lowest BCUT2D eigenvalue weighted by Gasteiger charge is -2.19. The summed E-state index contributed by atoms with van der Waals surface area (Å²) in [6, 6.07) is -1.58. The third-order valence-corrected chi connectivity index (χ3v) is 28.7. The Morgan fingerprint density at radius 2 is 0.364 bits per heavy atom. The van der Waals surface area contributed by atoms with E-state index in [1.54, 1.807) is 21.6 Å². The summed E-state index contributed by atoms with van der Waals surface area (Å²) in [4.78, 5) is 79.0. The number of unbranched alkanes of at least 4 members (excludes halogenated alkanes) is 72. The first-order valence-electron chi connectivity index (χ1n) is 57.1. The largest absolute Gasteiger partial charge is 0.354 e. The second-order valence-electron chi connectivity index (χ2n) is 38.8. The van der Waals surface area contributed by atoms with E-state index in [1.165, 1.54) is 417 Å². The van der Waals surface area contributed by atoms with E-state index in [2.05, 4.69) is 123 Å². The third kappa shape index (κ3) is 104. The molecular weight excluding hydrogens is 1650 g/mol. The fraction of sp³-hybridized carbons (Fsp3) is 0.895. The predicted molar refractivity (Wildman–Crippen MR) is 577 cm³/mol. The molecule has 3 unspecified atom stereocenters. The number of amides is 6. The van der Waals surface area contributed by atoms with Crippen LogP contribution in [0.4, 0.5) is 0 Å². The van der Waals surface area contributed by atoms with Gasteiger partial charge < -0.3 is 31.9 Å². The molecule has 0 aliphatic heterocycles. The summed E-state index contributed by atoms with van der Waals surface area (Å²) < 4.78 is 0. The number of allylic oxidation sites excluding steroid dienone is 6. The van der Waals surface area contributed by atoms with Crippen LogP contribution in [0, 0.1) is 0 Å². The Morgan fingerprint density at radius 3 is 0.543 bits per heavy atom. The topological polar surface area (TPSA) is 175 Å². The molecule has 12 nitrogen and oxygen atoms in total. The Balaban J connectivity index is 0. The van der Waals surface area contributed by atoms with Gasteiger partial charge in [-0.05, 0) is 141 Å². The molecule has 0 aromatic heterocycles. The molecule has 0 bridgehead atoms. The maximum absolute atomic E-state index is 13.7. The van der Waals surface area contributed by atoms with Crippen LogP contribution in [-0.2, 0) is 28.8 Å². The molecule has 0 saturated heterocycles. The summed E-state index contributed by atoms with van der Waals surface area (Å²) in [5.41, 5.74) is 0. The maximum Gasteiger partial charge on any atom is 0.242 e. The lowest BCUT2D eigenvalue weighted by atomic mass is 10.0. The molecule has 760 valence electrons. The van der Waals surface area contributed by atoms with Crippen molar-refractivity contribution in [2.45, 2.75) is 618 Å². The molecule has 15 heteroatoms. The second kappa shape index (κ2) is 112. The first-order valence-corrected chi connectivity index (χ1v) is 60.2. The molecule has 0 rings (SSSR count). The number of rotatable bonds is 105. The van der Waals surface area contributed by atoms with Crippen molar-refractivity contribution < 1.29 is 28.8 Å². The van der Waals surface area contributed by atoms with Crippen LogP contribution < -0.4 is 31.9 Å². The Labute approximate surface area is 816 Å². The van der Waals surface area contributed by atoms with Crippen LogP contribution in [0.2, 0.25) is 0 Å². The lowest BCUT2D eigenvalue weighted by Crippen LogP contribution is -2.47. The van der Waals surface area contributed by atoms with Gasteiger partial charge in [0, 0.05) is 50.4 Å². The van der Waals surface area contributed by atoms with Crippen LogP contribution in [0.15, 0.2) is 36.5 Å². The van der Waals surface area contributed by atoms with Gasteiger partial charge in [0.25, 0.3) is 0 Å². The van der Waals surface area contributed by atoms with Crippen molar-refractivity contribution >= 4 is 69.7 Å². The molecule has 0 aromatic rings. The van der Waals surface area contributed by atoms with Gasteiger partial charge in [-0.25, -0.2) is 0 Å². The van der Waals surface area contributed by atoms with E-state index in [9.17, 15) is 28.8 Å². The normalized spacial score (nSPS) is 12.3. The second-order valence-corrected chi connectivity index (χ2v) is 41.9. The Bertz CT molecular complexity index is 2310.